The number of halogens is 1. The average molecular weight is 257 g/mol. The minimum Gasteiger partial charge on any atom is -0.376 e. The highest BCUT2D eigenvalue weighted by atomic mass is 35.5. The molecule has 0 aromatic heterocycles. The molecule has 0 unspecified atom stereocenters. The SMILES string of the molecule is CC(C)(C)CNC(=O)CNc1ccccc1.Cl. The third-order valence-corrected chi connectivity index (χ3v) is 2.04. The molecule has 0 fully saturated rings. The zero-order valence-corrected chi connectivity index (χ0v) is 11.4. The number of nitrogens with one attached hydrogen (secondary N) is 2. The van der Waals surface area contributed by atoms with Gasteiger partial charge in [-0.1, -0.05) is 39.0 Å². The van der Waals surface area contributed by atoms with Gasteiger partial charge in [0.25, 0.3) is 0 Å². The molecule has 0 aliphatic heterocycles. The van der Waals surface area contributed by atoms with Gasteiger partial charge in [0, 0.05) is 12.2 Å². The van der Waals surface area contributed by atoms with E-state index in [1.54, 1.807) is 0 Å². The molecule has 0 saturated carbocycles. The second kappa shape index (κ2) is 7.17. The van der Waals surface area contributed by atoms with E-state index in [0.29, 0.717) is 13.1 Å². The summed E-state index contributed by atoms with van der Waals surface area (Å²) in [7, 11) is 0. The standard InChI is InChI=1S/C13H20N2O.ClH/c1-13(2,3)10-15-12(16)9-14-11-7-5-4-6-8-11;/h4-8,14H,9-10H2,1-3H3,(H,15,16);1H. The molecular formula is C13H21ClN2O. The Morgan fingerprint density at radius 1 is 1.18 bits per heavy atom. The van der Waals surface area contributed by atoms with Crippen LogP contribution < -0.4 is 10.6 Å². The van der Waals surface area contributed by atoms with E-state index >= 15 is 0 Å². The van der Waals surface area contributed by atoms with E-state index < -0.39 is 0 Å². The molecule has 0 aliphatic carbocycles. The Kier molecular flexibility index (Phi) is 6.66. The van der Waals surface area contributed by atoms with Crippen molar-refractivity contribution in [2.75, 3.05) is 18.4 Å². The second-order valence-electron chi connectivity index (χ2n) is 5.06. The van der Waals surface area contributed by atoms with Crippen LogP contribution in [0, 0.1) is 5.41 Å². The highest BCUT2D eigenvalue weighted by molar-refractivity contribution is 5.85. The zero-order chi connectivity index (χ0) is 12.0. The van der Waals surface area contributed by atoms with Crippen LogP contribution in [0.15, 0.2) is 30.3 Å². The number of para-hydroxylation sites is 1. The Morgan fingerprint density at radius 2 is 1.76 bits per heavy atom. The highest BCUT2D eigenvalue weighted by Crippen LogP contribution is 2.10. The lowest BCUT2D eigenvalue weighted by atomic mass is 9.97. The molecule has 17 heavy (non-hydrogen) atoms. The summed E-state index contributed by atoms with van der Waals surface area (Å²) in [5.74, 6) is 0.0266. The number of anilines is 1. The first-order chi connectivity index (χ1) is 7.47. The maximum Gasteiger partial charge on any atom is 0.239 e. The van der Waals surface area contributed by atoms with Crippen LogP contribution in [0.25, 0.3) is 0 Å². The first kappa shape index (κ1) is 15.8. The molecule has 1 aromatic rings. The van der Waals surface area contributed by atoms with E-state index in [1.807, 2.05) is 30.3 Å². The van der Waals surface area contributed by atoms with Crippen molar-refractivity contribution < 1.29 is 4.79 Å². The molecule has 0 atom stereocenters. The minimum absolute atomic E-state index is 0. The van der Waals surface area contributed by atoms with Gasteiger partial charge >= 0.3 is 0 Å². The predicted octanol–water partition coefficient (Wildman–Crippen LogP) is 2.68. The number of amides is 1. The van der Waals surface area contributed by atoms with Gasteiger partial charge in [-0.25, -0.2) is 0 Å². The smallest absolute Gasteiger partial charge is 0.239 e. The lowest BCUT2D eigenvalue weighted by Crippen LogP contribution is -2.35. The number of hydrogen-bond donors (Lipinski definition) is 2. The van der Waals surface area contributed by atoms with Gasteiger partial charge in [-0.05, 0) is 17.5 Å². The van der Waals surface area contributed by atoms with E-state index in [0.717, 1.165) is 5.69 Å². The number of rotatable bonds is 4. The van der Waals surface area contributed by atoms with Crippen LogP contribution in [0.2, 0.25) is 0 Å². The second-order valence-corrected chi connectivity index (χ2v) is 5.06. The van der Waals surface area contributed by atoms with Gasteiger partial charge in [0.15, 0.2) is 0 Å². The Balaban J connectivity index is 0.00000256. The van der Waals surface area contributed by atoms with Crippen molar-refractivity contribution in [2.24, 2.45) is 5.41 Å². The zero-order valence-electron chi connectivity index (χ0n) is 10.6. The summed E-state index contributed by atoms with van der Waals surface area (Å²) < 4.78 is 0. The molecule has 0 saturated heterocycles. The van der Waals surface area contributed by atoms with Gasteiger partial charge in [0.2, 0.25) is 5.91 Å². The minimum atomic E-state index is 0. The van der Waals surface area contributed by atoms with Crippen molar-refractivity contribution in [1.82, 2.24) is 5.32 Å². The van der Waals surface area contributed by atoms with Crippen molar-refractivity contribution in [3.8, 4) is 0 Å². The van der Waals surface area contributed by atoms with E-state index in [4.69, 9.17) is 0 Å². The Bertz CT molecular complexity index is 333. The van der Waals surface area contributed by atoms with Crippen molar-refractivity contribution in [3.05, 3.63) is 30.3 Å². The van der Waals surface area contributed by atoms with Crippen molar-refractivity contribution in [1.29, 1.82) is 0 Å². The van der Waals surface area contributed by atoms with Gasteiger partial charge in [0.05, 0.1) is 6.54 Å². The fourth-order valence-corrected chi connectivity index (χ4v) is 1.16. The molecule has 1 amide bonds. The summed E-state index contributed by atoms with van der Waals surface area (Å²) in [5, 5.41) is 5.96. The summed E-state index contributed by atoms with van der Waals surface area (Å²) in [6.45, 7) is 7.30. The van der Waals surface area contributed by atoms with Crippen LogP contribution in [0.4, 0.5) is 5.69 Å². The molecule has 0 bridgehead atoms. The lowest BCUT2D eigenvalue weighted by Gasteiger charge is -2.18. The number of benzene rings is 1. The molecule has 0 spiro atoms. The molecular weight excluding hydrogens is 236 g/mol. The van der Waals surface area contributed by atoms with Crippen LogP contribution in [0.3, 0.4) is 0 Å². The fourth-order valence-electron chi connectivity index (χ4n) is 1.16. The highest BCUT2D eigenvalue weighted by Gasteiger charge is 2.11. The van der Waals surface area contributed by atoms with Crippen LogP contribution in [-0.2, 0) is 4.79 Å². The van der Waals surface area contributed by atoms with Gasteiger partial charge in [-0.15, -0.1) is 12.4 Å². The molecule has 0 radical (unpaired) electrons. The Labute approximate surface area is 109 Å². The summed E-state index contributed by atoms with van der Waals surface area (Å²) >= 11 is 0. The first-order valence-corrected chi connectivity index (χ1v) is 5.53. The maximum absolute atomic E-state index is 11.5. The van der Waals surface area contributed by atoms with Crippen LogP contribution in [0.5, 0.6) is 0 Å². The molecule has 3 nitrogen and oxygen atoms in total. The molecule has 96 valence electrons. The molecule has 0 heterocycles. The predicted molar refractivity (Wildman–Crippen MR) is 74.6 cm³/mol. The van der Waals surface area contributed by atoms with Crippen molar-refractivity contribution >= 4 is 24.0 Å². The van der Waals surface area contributed by atoms with E-state index in [2.05, 4.69) is 31.4 Å². The number of carbonyl (C=O) groups is 1. The van der Waals surface area contributed by atoms with Gasteiger partial charge < -0.3 is 10.6 Å². The van der Waals surface area contributed by atoms with Crippen molar-refractivity contribution in [2.45, 2.75) is 20.8 Å². The van der Waals surface area contributed by atoms with E-state index in [1.165, 1.54) is 0 Å². The van der Waals surface area contributed by atoms with Gasteiger partial charge in [0.1, 0.15) is 0 Å². The van der Waals surface area contributed by atoms with Crippen LogP contribution in [0.1, 0.15) is 20.8 Å². The summed E-state index contributed by atoms with van der Waals surface area (Å²) in [5.41, 5.74) is 1.09. The average Bonchev–Trinajstić information content (AvgIpc) is 2.24. The third-order valence-electron chi connectivity index (χ3n) is 2.04. The lowest BCUT2D eigenvalue weighted by molar-refractivity contribution is -0.119. The van der Waals surface area contributed by atoms with Gasteiger partial charge in [-0.3, -0.25) is 4.79 Å². The summed E-state index contributed by atoms with van der Waals surface area (Å²) in [6.07, 6.45) is 0. The largest absolute Gasteiger partial charge is 0.376 e. The molecule has 1 aromatic carbocycles. The number of carbonyl (C=O) groups excluding carboxylic acids is 1. The van der Waals surface area contributed by atoms with E-state index in [-0.39, 0.29) is 23.7 Å². The Hall–Kier alpha value is -1.22. The van der Waals surface area contributed by atoms with Crippen LogP contribution >= 0.6 is 12.4 Å². The normalized spacial score (nSPS) is 10.3. The maximum atomic E-state index is 11.5. The summed E-state index contributed by atoms with van der Waals surface area (Å²) in [6, 6.07) is 9.71. The fraction of sp³-hybridized carbons (Fsp3) is 0.462. The topological polar surface area (TPSA) is 41.1 Å². The molecule has 4 heteroatoms. The molecule has 2 N–H and O–H groups in total. The third kappa shape index (κ3) is 7.64. The Morgan fingerprint density at radius 3 is 2.29 bits per heavy atom. The van der Waals surface area contributed by atoms with Gasteiger partial charge in [-0.2, -0.15) is 0 Å². The monoisotopic (exact) mass is 256 g/mol. The first-order valence-electron chi connectivity index (χ1n) is 5.53. The molecule has 1 rings (SSSR count). The quantitative estimate of drug-likeness (QED) is 0.870. The van der Waals surface area contributed by atoms with Crippen molar-refractivity contribution in [3.63, 3.8) is 0 Å². The van der Waals surface area contributed by atoms with Crippen LogP contribution in [-0.4, -0.2) is 19.0 Å². The van der Waals surface area contributed by atoms with E-state index in [9.17, 15) is 4.79 Å². The molecule has 0 aliphatic rings. The summed E-state index contributed by atoms with van der Waals surface area (Å²) in [4.78, 5) is 11.5. The number of hydrogen-bond acceptors (Lipinski definition) is 2.